The van der Waals surface area contributed by atoms with Crippen LogP contribution in [0.5, 0.6) is 11.5 Å². The summed E-state index contributed by atoms with van der Waals surface area (Å²) in [6.45, 7) is 17.0. The van der Waals surface area contributed by atoms with E-state index in [1.54, 1.807) is 38.1 Å². The molecule has 0 aromatic heterocycles. The zero-order chi connectivity index (χ0) is 48.7. The van der Waals surface area contributed by atoms with Gasteiger partial charge in [-0.15, -0.1) is 0 Å². The summed E-state index contributed by atoms with van der Waals surface area (Å²) >= 11 is 4.53. The Morgan fingerprint density at radius 3 is 1.79 bits per heavy atom. The Balaban J connectivity index is 1.11. The fourth-order valence-electron chi connectivity index (χ4n) is 7.96. The summed E-state index contributed by atoms with van der Waals surface area (Å²) in [6, 6.07) is 8.72. The molecule has 0 N–H and O–H groups in total. The monoisotopic (exact) mass is 1000 g/mol. The first kappa shape index (κ1) is 52.2. The third kappa shape index (κ3) is 13.3. The van der Waals surface area contributed by atoms with Gasteiger partial charge in [-0.05, 0) is 120 Å². The lowest BCUT2D eigenvalue weighted by Crippen LogP contribution is -2.33. The number of nitrogens with zero attached hydrogens (tertiary/aromatic N) is 2. The van der Waals surface area contributed by atoms with E-state index < -0.39 is 35.8 Å². The van der Waals surface area contributed by atoms with Gasteiger partial charge in [0.15, 0.2) is 5.57 Å². The van der Waals surface area contributed by atoms with Gasteiger partial charge in [-0.3, -0.25) is 19.2 Å². The smallest absolute Gasteiger partial charge is 0.350 e. The highest BCUT2D eigenvalue weighted by atomic mass is 32.2. The molecule has 0 saturated heterocycles. The van der Waals surface area contributed by atoms with Crippen molar-refractivity contribution in [2.75, 3.05) is 26.4 Å². The van der Waals surface area contributed by atoms with Crippen LogP contribution in [-0.2, 0) is 52.5 Å². The number of hydrogen-bond acceptors (Lipinski definition) is 18. The Morgan fingerprint density at radius 1 is 0.691 bits per heavy atom. The van der Waals surface area contributed by atoms with Gasteiger partial charge in [0.2, 0.25) is 0 Å². The molecule has 2 aromatic carbocycles. The van der Waals surface area contributed by atoms with E-state index in [1.807, 2.05) is 6.07 Å². The zero-order valence-electron chi connectivity index (χ0n) is 38.1. The van der Waals surface area contributed by atoms with Gasteiger partial charge in [0.25, 0.3) is 5.70 Å². The highest BCUT2D eigenvalue weighted by Crippen LogP contribution is 2.63. The molecule has 68 heavy (non-hydrogen) atoms. The van der Waals surface area contributed by atoms with Crippen molar-refractivity contribution in [2.24, 2.45) is 11.8 Å². The quantitative estimate of drug-likeness (QED) is 0.0245. The lowest BCUT2D eigenvalue weighted by molar-refractivity contribution is -0.159. The minimum atomic E-state index is -0.789. The average Bonchev–Trinajstić information content (AvgIpc) is 3.98. The Bertz CT molecular complexity index is 2440. The van der Waals surface area contributed by atoms with E-state index in [-0.39, 0.29) is 60.1 Å². The van der Waals surface area contributed by atoms with Crippen LogP contribution in [-0.4, -0.2) is 74.5 Å². The number of esters is 6. The Hall–Kier alpha value is -5.18. The molecule has 15 nitrogen and oxygen atoms in total. The molecule has 0 unspecified atom stereocenters. The third-order valence-corrected chi connectivity index (χ3v) is 16.6. The normalized spacial score (nSPS) is 20.8. The van der Waals surface area contributed by atoms with Crippen molar-refractivity contribution in [1.29, 1.82) is 5.26 Å². The van der Waals surface area contributed by atoms with Gasteiger partial charge in [0, 0.05) is 29.4 Å². The molecular formula is C49H52N2O13S4. The van der Waals surface area contributed by atoms with Crippen molar-refractivity contribution in [3.05, 3.63) is 68.1 Å². The van der Waals surface area contributed by atoms with Crippen LogP contribution >= 0.6 is 47.0 Å². The zero-order valence-corrected chi connectivity index (χ0v) is 41.3. The molecule has 4 aliphatic rings. The van der Waals surface area contributed by atoms with Gasteiger partial charge >= 0.3 is 35.8 Å². The number of thioether (sulfide) groups is 4. The topological polar surface area (TPSA) is 195 Å². The number of ether oxygens (including phenoxy) is 7. The summed E-state index contributed by atoms with van der Waals surface area (Å²) in [6.07, 6.45) is 9.52. The molecule has 0 bridgehead atoms. The largest absolute Gasteiger partial charge is 0.471 e. The van der Waals surface area contributed by atoms with E-state index in [1.165, 1.54) is 6.92 Å². The van der Waals surface area contributed by atoms with Crippen LogP contribution in [0.3, 0.4) is 0 Å². The molecule has 0 spiro atoms. The van der Waals surface area contributed by atoms with Crippen LogP contribution in [0.15, 0.2) is 76.2 Å². The third-order valence-electron chi connectivity index (χ3n) is 11.4. The van der Waals surface area contributed by atoms with Crippen LogP contribution in [0.25, 0.3) is 16.0 Å². The first-order valence-electron chi connectivity index (χ1n) is 22.6. The van der Waals surface area contributed by atoms with E-state index in [0.29, 0.717) is 90.9 Å². The van der Waals surface area contributed by atoms with E-state index in [4.69, 9.17) is 39.7 Å². The van der Waals surface area contributed by atoms with Crippen LogP contribution in [0, 0.1) is 29.7 Å². The van der Waals surface area contributed by atoms with E-state index in [0.717, 1.165) is 91.6 Å². The number of carbonyl (C=O) groups is 6. The first-order valence-corrected chi connectivity index (χ1v) is 25.8. The highest BCUT2D eigenvalue weighted by Gasteiger charge is 2.37. The molecule has 2 aliphatic carbocycles. The number of hydrogen-bond donors (Lipinski definition) is 0. The molecule has 2 heterocycles. The van der Waals surface area contributed by atoms with Crippen molar-refractivity contribution < 1.29 is 61.9 Å². The number of carbonyl (C=O) groups excluding carboxylic acids is 6. The number of rotatable bonds is 19. The van der Waals surface area contributed by atoms with Crippen LogP contribution in [0.1, 0.15) is 97.8 Å². The fourth-order valence-corrected chi connectivity index (χ4v) is 13.2. The van der Waals surface area contributed by atoms with Gasteiger partial charge in [-0.2, -0.15) is 5.26 Å². The minimum Gasteiger partial charge on any atom is -0.471 e. The number of benzene rings is 2. The van der Waals surface area contributed by atoms with Gasteiger partial charge in [-0.1, -0.05) is 60.0 Å². The predicted molar refractivity (Wildman–Crippen MR) is 255 cm³/mol. The molecule has 2 fully saturated rings. The van der Waals surface area contributed by atoms with Crippen molar-refractivity contribution in [3.8, 4) is 28.7 Å². The molecule has 19 heteroatoms. The number of unbranched alkanes of at least 4 members (excludes halogenated alkanes) is 3. The van der Waals surface area contributed by atoms with Gasteiger partial charge in [-0.25, -0.2) is 14.4 Å². The van der Waals surface area contributed by atoms with Gasteiger partial charge in [0.1, 0.15) is 23.7 Å². The maximum absolute atomic E-state index is 13.9. The number of nitriles is 1. The van der Waals surface area contributed by atoms with Gasteiger partial charge < -0.3 is 33.2 Å². The van der Waals surface area contributed by atoms with Crippen molar-refractivity contribution >= 4 is 82.9 Å². The van der Waals surface area contributed by atoms with E-state index in [9.17, 15) is 34.0 Å². The maximum Gasteiger partial charge on any atom is 0.350 e. The van der Waals surface area contributed by atoms with Crippen LogP contribution < -0.4 is 9.47 Å². The summed E-state index contributed by atoms with van der Waals surface area (Å²) in [5, 5.41) is 9.97. The summed E-state index contributed by atoms with van der Waals surface area (Å²) in [4.78, 5) is 81.8. The Kier molecular flexibility index (Phi) is 19.5. The average molecular weight is 1010 g/mol. The second-order valence-corrected chi connectivity index (χ2v) is 20.6. The molecule has 0 radical (unpaired) electrons. The summed E-state index contributed by atoms with van der Waals surface area (Å²) in [5.41, 5.74) is 0.843. The lowest BCUT2D eigenvalue weighted by atomic mass is 9.86. The second-order valence-electron chi connectivity index (χ2n) is 16.0. The molecule has 360 valence electrons. The Labute approximate surface area is 412 Å². The van der Waals surface area contributed by atoms with Gasteiger partial charge in [0.05, 0.1) is 62.6 Å². The molecule has 2 aromatic rings. The molecular weight excluding hydrogens is 953 g/mol. The molecule has 2 aliphatic heterocycles. The maximum atomic E-state index is 13.9. The minimum absolute atomic E-state index is 0.0599. The SMILES string of the molecule is [C-]#[N+]C(C(=O)OCC)=C1Sc2c(OC(=O)C3CCC(OC(=O)C4CCC(OCCCCCCOC(=O)C=C)CC4)CC3)ccc(-c3ccc(OC(C)=O)c4c3SC(=C(C#N)C(=O)OCC)S4)c2S1. The predicted octanol–water partition coefficient (Wildman–Crippen LogP) is 10.5. The van der Waals surface area contributed by atoms with Crippen LogP contribution in [0.2, 0.25) is 0 Å². The van der Waals surface area contributed by atoms with E-state index in [2.05, 4.69) is 11.4 Å². The van der Waals surface area contributed by atoms with Crippen LogP contribution in [0.4, 0.5) is 0 Å². The summed E-state index contributed by atoms with van der Waals surface area (Å²) < 4.78 is 39.7. The summed E-state index contributed by atoms with van der Waals surface area (Å²) in [7, 11) is 0. The fraction of sp³-hybridized carbons (Fsp3) is 0.469. The first-order chi connectivity index (χ1) is 32.9. The van der Waals surface area contributed by atoms with E-state index >= 15 is 0 Å². The molecule has 0 atom stereocenters. The molecule has 0 amide bonds. The van der Waals surface area contributed by atoms with Crippen molar-refractivity contribution in [3.63, 3.8) is 0 Å². The van der Waals surface area contributed by atoms with Crippen molar-refractivity contribution in [2.45, 2.75) is 130 Å². The second kappa shape index (κ2) is 25.4. The molecule has 6 rings (SSSR count). The molecule has 2 saturated carbocycles. The summed E-state index contributed by atoms with van der Waals surface area (Å²) in [5.74, 6) is -3.39. The lowest BCUT2D eigenvalue weighted by Gasteiger charge is -2.31. The Morgan fingerprint density at radius 2 is 1.22 bits per heavy atom. The number of fused-ring (bicyclic) bond motifs is 2. The van der Waals surface area contributed by atoms with Crippen molar-refractivity contribution in [1.82, 2.24) is 0 Å². The standard InChI is InChI=1S/C49H52N2O13S4/c1-6-38(53)61-26-12-10-9-11-25-60-31-17-13-29(14-18-31)44(54)63-32-19-15-30(16-20-32)45(55)64-37-24-22-34(41-43(37)68-49(66-41)39(51-5)47(57)59-8-3)33-21-23-36(62-28(4)52)42-40(33)65-48(67-42)35(27-50)46(56)58-7-2/h6,21-24,29-32H,1,7-20,25-26H2,2-4H3. The highest BCUT2D eigenvalue weighted by molar-refractivity contribution is 8.25.